The van der Waals surface area contributed by atoms with Gasteiger partial charge in [0.15, 0.2) is 5.13 Å². The molecule has 21 heavy (non-hydrogen) atoms. The molecule has 0 saturated heterocycles. The van der Waals surface area contributed by atoms with Crippen LogP contribution in [-0.4, -0.2) is 10.9 Å². The summed E-state index contributed by atoms with van der Waals surface area (Å²) in [6.45, 7) is 2.29. The third-order valence-corrected chi connectivity index (χ3v) is 6.68. The van der Waals surface area contributed by atoms with Crippen LogP contribution >= 0.6 is 22.7 Å². The second-order valence-electron chi connectivity index (χ2n) is 6.10. The topological polar surface area (TPSA) is 42.0 Å². The van der Waals surface area contributed by atoms with Crippen molar-refractivity contribution in [2.24, 2.45) is 5.92 Å². The number of fused-ring (bicyclic) bond motifs is 2. The van der Waals surface area contributed by atoms with Crippen molar-refractivity contribution in [3.8, 4) is 0 Å². The number of thiophene rings is 1. The Morgan fingerprint density at radius 1 is 1.29 bits per heavy atom. The van der Waals surface area contributed by atoms with E-state index < -0.39 is 0 Å². The lowest BCUT2D eigenvalue weighted by Gasteiger charge is -2.16. The molecule has 0 aromatic carbocycles. The van der Waals surface area contributed by atoms with Crippen LogP contribution in [0, 0.1) is 5.92 Å². The molecule has 3 nitrogen and oxygen atoms in total. The highest BCUT2D eigenvalue weighted by Gasteiger charge is 2.22. The van der Waals surface area contributed by atoms with Gasteiger partial charge in [-0.3, -0.25) is 10.1 Å². The van der Waals surface area contributed by atoms with Crippen LogP contribution < -0.4 is 5.32 Å². The predicted molar refractivity (Wildman–Crippen MR) is 87.6 cm³/mol. The minimum absolute atomic E-state index is 0.00877. The van der Waals surface area contributed by atoms with E-state index in [1.165, 1.54) is 33.9 Å². The second kappa shape index (κ2) is 5.21. The maximum absolute atomic E-state index is 12.4. The number of anilines is 1. The van der Waals surface area contributed by atoms with Gasteiger partial charge in [0.05, 0.1) is 10.6 Å². The van der Waals surface area contributed by atoms with Gasteiger partial charge in [-0.1, -0.05) is 6.92 Å². The van der Waals surface area contributed by atoms with E-state index in [0.29, 0.717) is 0 Å². The summed E-state index contributed by atoms with van der Waals surface area (Å²) in [6.07, 6.45) is 6.87. The summed E-state index contributed by atoms with van der Waals surface area (Å²) in [5.41, 5.74) is 2.57. The number of carbonyl (C=O) groups excluding carboxylic acids is 1. The van der Waals surface area contributed by atoms with Crippen molar-refractivity contribution in [3.05, 3.63) is 32.0 Å². The monoisotopic (exact) mass is 318 g/mol. The average molecular weight is 318 g/mol. The fraction of sp³-hybridized carbons (Fsp3) is 0.500. The van der Waals surface area contributed by atoms with Crippen molar-refractivity contribution in [2.45, 2.75) is 45.4 Å². The second-order valence-corrected chi connectivity index (χ2v) is 8.32. The van der Waals surface area contributed by atoms with Crippen LogP contribution in [0.15, 0.2) is 6.07 Å². The molecule has 2 aromatic rings. The number of amides is 1. The first kappa shape index (κ1) is 13.5. The summed E-state index contributed by atoms with van der Waals surface area (Å²) in [6, 6.07) is 2.09. The molecule has 0 unspecified atom stereocenters. The number of rotatable bonds is 2. The molecule has 0 saturated carbocycles. The van der Waals surface area contributed by atoms with E-state index in [2.05, 4.69) is 23.3 Å². The molecule has 4 rings (SSSR count). The van der Waals surface area contributed by atoms with Gasteiger partial charge in [-0.25, -0.2) is 4.98 Å². The van der Waals surface area contributed by atoms with Gasteiger partial charge in [0.1, 0.15) is 0 Å². The lowest BCUT2D eigenvalue weighted by molar-refractivity contribution is 0.103. The molecule has 1 N–H and O–H groups in total. The van der Waals surface area contributed by atoms with Gasteiger partial charge in [-0.05, 0) is 56.1 Å². The van der Waals surface area contributed by atoms with E-state index in [1.807, 2.05) is 0 Å². The zero-order valence-corrected chi connectivity index (χ0v) is 13.7. The summed E-state index contributed by atoms with van der Waals surface area (Å²) in [5, 5.41) is 3.75. The van der Waals surface area contributed by atoms with Gasteiger partial charge < -0.3 is 0 Å². The van der Waals surface area contributed by atoms with Crippen LogP contribution in [0.25, 0.3) is 0 Å². The number of hydrogen-bond donors (Lipinski definition) is 1. The molecule has 0 radical (unpaired) electrons. The van der Waals surface area contributed by atoms with Crippen molar-refractivity contribution in [1.82, 2.24) is 4.98 Å². The Kier molecular flexibility index (Phi) is 3.34. The van der Waals surface area contributed by atoms with Crippen LogP contribution in [0.5, 0.6) is 0 Å². The Labute approximate surface area is 132 Å². The first-order chi connectivity index (χ1) is 10.2. The van der Waals surface area contributed by atoms with Crippen molar-refractivity contribution < 1.29 is 4.79 Å². The van der Waals surface area contributed by atoms with Crippen LogP contribution in [0.1, 0.15) is 50.4 Å². The van der Waals surface area contributed by atoms with Crippen molar-refractivity contribution in [1.29, 1.82) is 0 Å². The van der Waals surface area contributed by atoms with E-state index in [0.717, 1.165) is 41.6 Å². The summed E-state index contributed by atoms with van der Waals surface area (Å²) in [4.78, 5) is 20.5. The number of carbonyl (C=O) groups is 1. The number of hydrogen-bond acceptors (Lipinski definition) is 4. The highest BCUT2D eigenvalue weighted by molar-refractivity contribution is 7.16. The molecule has 1 amide bonds. The van der Waals surface area contributed by atoms with Crippen LogP contribution in [0.2, 0.25) is 0 Å². The lowest BCUT2D eigenvalue weighted by atomic mass is 9.90. The molecule has 0 fully saturated rings. The number of aryl methyl sites for hydroxylation is 3. The fourth-order valence-corrected chi connectivity index (χ4v) is 5.37. The molecule has 0 aliphatic heterocycles. The smallest absolute Gasteiger partial charge is 0.267 e. The summed E-state index contributed by atoms with van der Waals surface area (Å²) < 4.78 is 0. The Hall–Kier alpha value is -1.20. The quantitative estimate of drug-likeness (QED) is 0.907. The summed E-state index contributed by atoms with van der Waals surface area (Å²) in [5.74, 6) is 0.749. The summed E-state index contributed by atoms with van der Waals surface area (Å²) >= 11 is 3.30. The van der Waals surface area contributed by atoms with Gasteiger partial charge in [0, 0.05) is 9.75 Å². The molecule has 2 aromatic heterocycles. The highest BCUT2D eigenvalue weighted by Crippen LogP contribution is 2.34. The van der Waals surface area contributed by atoms with Crippen molar-refractivity contribution in [3.63, 3.8) is 0 Å². The van der Waals surface area contributed by atoms with Gasteiger partial charge in [-0.2, -0.15) is 0 Å². The fourth-order valence-electron chi connectivity index (χ4n) is 3.22. The molecule has 2 aliphatic rings. The Morgan fingerprint density at radius 3 is 3.05 bits per heavy atom. The standard InChI is InChI=1S/C16H18N2OS2/c1-9-5-6-12-10(7-9)8-14(20-12)15(19)18-16-17-11-3-2-4-13(11)21-16/h8-9H,2-7H2,1H3,(H,17,18,19)/t9-/m1/s1. The van der Waals surface area contributed by atoms with E-state index in [1.54, 1.807) is 22.7 Å². The first-order valence-corrected chi connectivity index (χ1v) is 9.24. The van der Waals surface area contributed by atoms with E-state index in [4.69, 9.17) is 0 Å². The maximum atomic E-state index is 12.4. The number of nitrogens with one attached hydrogen (secondary N) is 1. The Balaban J connectivity index is 1.52. The molecular weight excluding hydrogens is 300 g/mol. The highest BCUT2D eigenvalue weighted by atomic mass is 32.1. The average Bonchev–Trinajstić information content (AvgIpc) is 3.10. The van der Waals surface area contributed by atoms with E-state index in [-0.39, 0.29) is 5.91 Å². The summed E-state index contributed by atoms with van der Waals surface area (Å²) in [7, 11) is 0. The zero-order chi connectivity index (χ0) is 14.4. The largest absolute Gasteiger partial charge is 0.297 e. The molecule has 2 heterocycles. The molecule has 1 atom stereocenters. The van der Waals surface area contributed by atoms with Gasteiger partial charge >= 0.3 is 0 Å². The first-order valence-electron chi connectivity index (χ1n) is 7.60. The molecule has 2 aliphatic carbocycles. The maximum Gasteiger partial charge on any atom is 0.267 e. The minimum atomic E-state index is 0.00877. The molecule has 110 valence electrons. The Bertz CT molecular complexity index is 680. The third-order valence-electron chi connectivity index (χ3n) is 4.37. The van der Waals surface area contributed by atoms with Crippen molar-refractivity contribution in [2.75, 3.05) is 5.32 Å². The normalized spacial score (nSPS) is 20.1. The predicted octanol–water partition coefficient (Wildman–Crippen LogP) is 4.07. The minimum Gasteiger partial charge on any atom is -0.297 e. The van der Waals surface area contributed by atoms with Gasteiger partial charge in [0.25, 0.3) is 5.91 Å². The molecule has 0 spiro atoms. The molecule has 5 heteroatoms. The van der Waals surface area contributed by atoms with Crippen LogP contribution in [0.3, 0.4) is 0 Å². The molecule has 0 bridgehead atoms. The van der Waals surface area contributed by atoms with E-state index >= 15 is 0 Å². The number of thiazole rings is 1. The van der Waals surface area contributed by atoms with Gasteiger partial charge in [0.2, 0.25) is 0 Å². The SMILES string of the molecule is C[C@@H]1CCc2sc(C(=O)Nc3nc4c(s3)CCC4)cc2C1. The van der Waals surface area contributed by atoms with Crippen LogP contribution in [0.4, 0.5) is 5.13 Å². The van der Waals surface area contributed by atoms with Crippen molar-refractivity contribution >= 4 is 33.7 Å². The van der Waals surface area contributed by atoms with E-state index in [9.17, 15) is 4.79 Å². The molecular formula is C16H18N2OS2. The van der Waals surface area contributed by atoms with Gasteiger partial charge in [-0.15, -0.1) is 22.7 Å². The lowest BCUT2D eigenvalue weighted by Crippen LogP contribution is -2.10. The van der Waals surface area contributed by atoms with Crippen LogP contribution in [-0.2, 0) is 25.7 Å². The third kappa shape index (κ3) is 2.53. The number of nitrogens with zero attached hydrogens (tertiary/aromatic N) is 1. The zero-order valence-electron chi connectivity index (χ0n) is 12.1. The number of aromatic nitrogens is 1. The Morgan fingerprint density at radius 2 is 2.19 bits per heavy atom.